The van der Waals surface area contributed by atoms with Crippen molar-refractivity contribution >= 4 is 27.3 Å². The Hall–Kier alpha value is -1.07. The number of halogens is 1. The Balaban J connectivity index is 1.74. The quantitative estimate of drug-likeness (QED) is 0.819. The van der Waals surface area contributed by atoms with E-state index in [1.807, 2.05) is 24.3 Å². The Morgan fingerprint density at radius 2 is 1.69 bits per heavy atom. The van der Waals surface area contributed by atoms with Crippen LogP contribution in [0, 0.1) is 5.92 Å². The fraction of sp³-hybridized carbons (Fsp3) is 0.650. The molecule has 1 aliphatic heterocycles. The van der Waals surface area contributed by atoms with Crippen LogP contribution < -0.4 is 5.32 Å². The third kappa shape index (κ3) is 5.01. The van der Waals surface area contributed by atoms with E-state index in [2.05, 4.69) is 5.32 Å². The van der Waals surface area contributed by atoms with Gasteiger partial charge in [0.15, 0.2) is 9.84 Å². The van der Waals surface area contributed by atoms with E-state index >= 15 is 0 Å². The maximum atomic E-state index is 12.8. The fourth-order valence-electron chi connectivity index (χ4n) is 4.27. The van der Waals surface area contributed by atoms with Crippen molar-refractivity contribution in [2.24, 2.45) is 5.92 Å². The summed E-state index contributed by atoms with van der Waals surface area (Å²) in [7, 11) is -3.31. The summed E-state index contributed by atoms with van der Waals surface area (Å²) in [5, 5.41) is 2.95. The number of carbonyl (C=O) groups is 1. The predicted molar refractivity (Wildman–Crippen MR) is 105 cm³/mol. The van der Waals surface area contributed by atoms with Crippen molar-refractivity contribution in [2.75, 3.05) is 5.75 Å². The zero-order chi connectivity index (χ0) is 18.6. The first-order valence-corrected chi connectivity index (χ1v) is 11.8. The first-order valence-electron chi connectivity index (χ1n) is 9.72. The van der Waals surface area contributed by atoms with Crippen molar-refractivity contribution in [3.8, 4) is 0 Å². The molecule has 3 rings (SSSR count). The van der Waals surface area contributed by atoms with Gasteiger partial charge in [0.2, 0.25) is 5.91 Å². The number of amides is 1. The minimum atomic E-state index is -3.31. The van der Waals surface area contributed by atoms with E-state index in [-0.39, 0.29) is 17.7 Å². The van der Waals surface area contributed by atoms with Gasteiger partial charge in [-0.15, -0.1) is 0 Å². The summed E-state index contributed by atoms with van der Waals surface area (Å²) in [5.41, 5.74) is 1.12. The molecule has 0 radical (unpaired) electrons. The maximum Gasteiger partial charge on any atom is 0.238 e. The van der Waals surface area contributed by atoms with E-state index in [1.165, 1.54) is 19.3 Å². The molecule has 1 amide bonds. The summed E-state index contributed by atoms with van der Waals surface area (Å²) in [5.74, 6) is 0.250. The number of sulfone groups is 1. The van der Waals surface area contributed by atoms with Crippen LogP contribution in [0.15, 0.2) is 24.3 Å². The Morgan fingerprint density at radius 1 is 1.04 bits per heavy atom. The molecule has 2 atom stereocenters. The predicted octanol–water partition coefficient (Wildman–Crippen LogP) is 3.91. The smallest absolute Gasteiger partial charge is 0.238 e. The number of benzene rings is 1. The van der Waals surface area contributed by atoms with E-state index in [1.54, 1.807) is 0 Å². The van der Waals surface area contributed by atoms with Crippen molar-refractivity contribution < 1.29 is 13.2 Å². The number of carbonyl (C=O) groups excluding carboxylic acids is 1. The molecule has 1 saturated heterocycles. The van der Waals surface area contributed by atoms with Gasteiger partial charge < -0.3 is 5.32 Å². The van der Waals surface area contributed by atoms with Crippen LogP contribution in [0.5, 0.6) is 0 Å². The summed E-state index contributed by atoms with van der Waals surface area (Å²) < 4.78 is 24.6. The molecule has 2 fully saturated rings. The first kappa shape index (κ1) is 19.7. The van der Waals surface area contributed by atoms with Gasteiger partial charge in [0.1, 0.15) is 5.25 Å². The summed E-state index contributed by atoms with van der Waals surface area (Å²) in [6, 6.07) is 7.69. The Bertz CT molecular complexity index is 711. The summed E-state index contributed by atoms with van der Waals surface area (Å²) in [4.78, 5) is 12.8. The average Bonchev–Trinajstić information content (AvgIpc) is 2.63. The van der Waals surface area contributed by atoms with Crippen LogP contribution in [-0.2, 0) is 21.1 Å². The zero-order valence-electron chi connectivity index (χ0n) is 15.1. The molecule has 1 aromatic carbocycles. The molecule has 6 heteroatoms. The topological polar surface area (TPSA) is 63.2 Å². The highest BCUT2D eigenvalue weighted by molar-refractivity contribution is 7.92. The van der Waals surface area contributed by atoms with Gasteiger partial charge in [0.05, 0.1) is 5.75 Å². The second kappa shape index (κ2) is 8.75. The molecule has 0 spiro atoms. The van der Waals surface area contributed by atoms with E-state index in [9.17, 15) is 13.2 Å². The fourth-order valence-corrected chi connectivity index (χ4v) is 6.21. The minimum Gasteiger partial charge on any atom is -0.352 e. The zero-order valence-corrected chi connectivity index (χ0v) is 16.7. The molecule has 144 valence electrons. The van der Waals surface area contributed by atoms with Crippen molar-refractivity contribution in [2.45, 2.75) is 69.1 Å². The normalized spacial score (nSPS) is 24.7. The number of hydrogen-bond acceptors (Lipinski definition) is 3. The SMILES string of the molecule is O=C(N[C@H](Cc1ccc(Cl)cc1)C1CCCCC1)[C@@H]1CCCCS1(=O)=O. The molecule has 2 aliphatic rings. The van der Waals surface area contributed by atoms with Crippen molar-refractivity contribution in [3.05, 3.63) is 34.9 Å². The lowest BCUT2D eigenvalue weighted by molar-refractivity contribution is -0.122. The molecule has 0 bridgehead atoms. The van der Waals surface area contributed by atoms with Crippen molar-refractivity contribution in [1.29, 1.82) is 0 Å². The molecule has 4 nitrogen and oxygen atoms in total. The Kier molecular flexibility index (Phi) is 6.62. The monoisotopic (exact) mass is 397 g/mol. The van der Waals surface area contributed by atoms with Crippen LogP contribution in [0.4, 0.5) is 0 Å². The standard InChI is InChI=1S/C20H28ClNO3S/c21-17-11-9-15(10-12-17)14-18(16-6-2-1-3-7-16)22-20(23)19-8-4-5-13-26(19,24)25/h9-12,16,18-19H,1-8,13-14H2,(H,22,23)/t18-,19+/m1/s1. The number of hydrogen-bond donors (Lipinski definition) is 1. The third-order valence-electron chi connectivity index (χ3n) is 5.79. The summed E-state index contributed by atoms with van der Waals surface area (Å²) in [6.07, 6.45) is 8.44. The molecule has 0 aromatic heterocycles. The molecular formula is C20H28ClNO3S. The average molecular weight is 398 g/mol. The summed E-state index contributed by atoms with van der Waals surface area (Å²) >= 11 is 5.98. The van der Waals surface area contributed by atoms with E-state index < -0.39 is 15.1 Å². The van der Waals surface area contributed by atoms with Crippen LogP contribution in [0.1, 0.15) is 56.9 Å². The second-order valence-corrected chi connectivity index (χ2v) is 10.4. The van der Waals surface area contributed by atoms with Crippen molar-refractivity contribution in [3.63, 3.8) is 0 Å². The van der Waals surface area contributed by atoms with Crippen LogP contribution in [0.2, 0.25) is 5.02 Å². The lowest BCUT2D eigenvalue weighted by atomic mass is 9.81. The van der Waals surface area contributed by atoms with Crippen LogP contribution in [-0.4, -0.2) is 31.4 Å². The lowest BCUT2D eigenvalue weighted by Crippen LogP contribution is -2.50. The molecule has 1 heterocycles. The molecule has 1 N–H and O–H groups in total. The molecule has 1 aliphatic carbocycles. The van der Waals surface area contributed by atoms with Gasteiger partial charge in [-0.3, -0.25) is 4.79 Å². The molecule has 26 heavy (non-hydrogen) atoms. The van der Waals surface area contributed by atoms with E-state index in [0.29, 0.717) is 23.8 Å². The minimum absolute atomic E-state index is 0.0129. The maximum absolute atomic E-state index is 12.8. The van der Waals surface area contributed by atoms with Crippen LogP contribution in [0.3, 0.4) is 0 Å². The molecule has 0 unspecified atom stereocenters. The number of rotatable bonds is 5. The largest absolute Gasteiger partial charge is 0.352 e. The van der Waals surface area contributed by atoms with Gasteiger partial charge in [-0.05, 0) is 55.7 Å². The first-order chi connectivity index (χ1) is 12.5. The second-order valence-electron chi connectivity index (χ2n) is 7.70. The van der Waals surface area contributed by atoms with Gasteiger partial charge in [-0.2, -0.15) is 0 Å². The van der Waals surface area contributed by atoms with Crippen LogP contribution in [0.25, 0.3) is 0 Å². The highest BCUT2D eigenvalue weighted by Crippen LogP contribution is 2.29. The molecule has 1 aromatic rings. The van der Waals surface area contributed by atoms with E-state index in [0.717, 1.165) is 31.2 Å². The highest BCUT2D eigenvalue weighted by Gasteiger charge is 2.36. The summed E-state index contributed by atoms with van der Waals surface area (Å²) in [6.45, 7) is 0. The number of nitrogens with one attached hydrogen (secondary N) is 1. The Morgan fingerprint density at radius 3 is 2.35 bits per heavy atom. The van der Waals surface area contributed by atoms with Gasteiger partial charge in [0.25, 0.3) is 0 Å². The van der Waals surface area contributed by atoms with Gasteiger partial charge in [-0.25, -0.2) is 8.42 Å². The van der Waals surface area contributed by atoms with Gasteiger partial charge >= 0.3 is 0 Å². The van der Waals surface area contributed by atoms with Crippen LogP contribution >= 0.6 is 11.6 Å². The molecular weight excluding hydrogens is 370 g/mol. The lowest BCUT2D eigenvalue weighted by Gasteiger charge is -2.33. The Labute approximate surface area is 161 Å². The van der Waals surface area contributed by atoms with E-state index in [4.69, 9.17) is 11.6 Å². The molecule has 1 saturated carbocycles. The van der Waals surface area contributed by atoms with Crippen molar-refractivity contribution in [1.82, 2.24) is 5.32 Å². The highest BCUT2D eigenvalue weighted by atomic mass is 35.5. The van der Waals surface area contributed by atoms with Gasteiger partial charge in [-0.1, -0.05) is 49.4 Å². The third-order valence-corrected chi connectivity index (χ3v) is 8.21. The van der Waals surface area contributed by atoms with Gasteiger partial charge in [0, 0.05) is 11.1 Å².